The Morgan fingerprint density at radius 2 is 1.57 bits per heavy atom. The molecule has 0 spiro atoms. The number of hydrogen-bond acceptors (Lipinski definition) is 6. The van der Waals surface area contributed by atoms with Crippen LogP contribution >= 0.6 is 0 Å². The first-order valence-corrected chi connectivity index (χ1v) is 13.3. The van der Waals surface area contributed by atoms with Crippen LogP contribution in [0.5, 0.6) is 0 Å². The van der Waals surface area contributed by atoms with Crippen molar-refractivity contribution >= 4 is 16.6 Å². The van der Waals surface area contributed by atoms with Crippen LogP contribution in [0.2, 0.25) is 0 Å². The van der Waals surface area contributed by atoms with Gasteiger partial charge in [-0.1, -0.05) is 24.3 Å². The predicted molar refractivity (Wildman–Crippen MR) is 149 cm³/mol. The molecule has 0 saturated carbocycles. The van der Waals surface area contributed by atoms with Gasteiger partial charge in [0.15, 0.2) is 5.82 Å². The summed E-state index contributed by atoms with van der Waals surface area (Å²) in [6.45, 7) is 7.00. The minimum absolute atomic E-state index is 0.191. The number of pyridine rings is 1. The number of nitrogens with one attached hydrogen (secondary N) is 1. The second-order valence-electron chi connectivity index (χ2n) is 10.2. The largest absolute Gasteiger partial charge is 0.369 e. The first-order chi connectivity index (χ1) is 19.4. The predicted octanol–water partition coefficient (Wildman–Crippen LogP) is 4.37. The lowest BCUT2D eigenvalue weighted by molar-refractivity contribution is 0.200. The molecular formula is C30H29F2N7O. The van der Waals surface area contributed by atoms with E-state index >= 15 is 0 Å². The van der Waals surface area contributed by atoms with E-state index in [-0.39, 0.29) is 17.2 Å². The molecule has 6 rings (SSSR count). The molecule has 40 heavy (non-hydrogen) atoms. The van der Waals surface area contributed by atoms with E-state index in [0.717, 1.165) is 33.3 Å². The molecular weight excluding hydrogens is 512 g/mol. The number of piperazine rings is 1. The zero-order valence-corrected chi connectivity index (χ0v) is 22.3. The van der Waals surface area contributed by atoms with E-state index in [4.69, 9.17) is 0 Å². The van der Waals surface area contributed by atoms with Crippen molar-refractivity contribution in [2.45, 2.75) is 26.4 Å². The first kappa shape index (κ1) is 25.8. The zero-order chi connectivity index (χ0) is 27.8. The van der Waals surface area contributed by atoms with Crippen molar-refractivity contribution in [3.63, 3.8) is 0 Å². The third-order valence-electron chi connectivity index (χ3n) is 7.80. The summed E-state index contributed by atoms with van der Waals surface area (Å²) in [5, 5.41) is 13.5. The van der Waals surface area contributed by atoms with E-state index in [2.05, 4.69) is 36.4 Å². The molecule has 1 aliphatic heterocycles. The Labute approximate surface area is 229 Å². The van der Waals surface area contributed by atoms with Crippen LogP contribution in [0.1, 0.15) is 34.1 Å². The quantitative estimate of drug-likeness (QED) is 0.344. The number of fused-ring (bicyclic) bond motifs is 1. The van der Waals surface area contributed by atoms with Crippen molar-refractivity contribution in [2.75, 3.05) is 31.1 Å². The molecule has 2 aromatic heterocycles. The molecule has 1 atom stereocenters. The highest BCUT2D eigenvalue weighted by molar-refractivity contribution is 5.83. The summed E-state index contributed by atoms with van der Waals surface area (Å²) in [6.07, 6.45) is 0. The van der Waals surface area contributed by atoms with Gasteiger partial charge in [-0.3, -0.25) is 9.69 Å². The molecule has 1 fully saturated rings. The number of aryl methyl sites for hydroxylation is 2. The van der Waals surface area contributed by atoms with E-state index in [1.807, 2.05) is 26.0 Å². The fourth-order valence-corrected chi connectivity index (χ4v) is 5.42. The molecule has 1 aliphatic rings. The van der Waals surface area contributed by atoms with Crippen LogP contribution in [-0.4, -0.2) is 56.3 Å². The van der Waals surface area contributed by atoms with E-state index in [1.54, 1.807) is 28.9 Å². The van der Waals surface area contributed by atoms with Crippen LogP contribution in [0, 0.1) is 25.5 Å². The van der Waals surface area contributed by atoms with E-state index < -0.39 is 6.04 Å². The average Bonchev–Trinajstić information content (AvgIpc) is 3.41. The molecule has 0 aliphatic carbocycles. The molecule has 0 amide bonds. The number of rotatable bonds is 6. The maximum atomic E-state index is 13.7. The summed E-state index contributed by atoms with van der Waals surface area (Å²) in [4.78, 5) is 21.2. The SMILES string of the molecule is Cc1ccc2cc(C(c3nnnn3Cc3ccc(F)cc3)N3CCN(c4ccc(F)cc4)CC3)c(=O)[nH]c2c1C. The van der Waals surface area contributed by atoms with Gasteiger partial charge in [0, 0.05) is 37.4 Å². The molecule has 0 radical (unpaired) electrons. The third kappa shape index (κ3) is 4.98. The number of anilines is 1. The van der Waals surface area contributed by atoms with Gasteiger partial charge in [0.1, 0.15) is 17.7 Å². The number of halogens is 2. The molecule has 1 N–H and O–H groups in total. The summed E-state index contributed by atoms with van der Waals surface area (Å²) in [5.74, 6) is -0.0459. The Morgan fingerprint density at radius 1 is 0.900 bits per heavy atom. The van der Waals surface area contributed by atoms with Crippen LogP contribution in [0.3, 0.4) is 0 Å². The maximum absolute atomic E-state index is 13.7. The molecule has 3 heterocycles. The Balaban J connectivity index is 1.39. The number of aromatic amines is 1. The van der Waals surface area contributed by atoms with Crippen molar-refractivity contribution in [2.24, 2.45) is 0 Å². The smallest absolute Gasteiger partial charge is 0.253 e. The Hall–Kier alpha value is -4.44. The minimum Gasteiger partial charge on any atom is -0.369 e. The molecule has 1 saturated heterocycles. The van der Waals surface area contributed by atoms with E-state index in [9.17, 15) is 13.6 Å². The standard InChI is InChI=1S/C30H29F2N7O/c1-19-3-6-22-17-26(30(40)33-27(22)20(19)2)28(29-34-35-36-39(29)18-21-4-7-23(31)8-5-21)38-15-13-37(14-16-38)25-11-9-24(32)10-12-25/h3-12,17,28H,13-16,18H2,1-2H3,(H,33,40). The number of nitrogens with zero attached hydrogens (tertiary/aromatic N) is 6. The van der Waals surface area contributed by atoms with Crippen molar-refractivity contribution in [1.29, 1.82) is 0 Å². The molecule has 5 aromatic rings. The summed E-state index contributed by atoms with van der Waals surface area (Å²) >= 11 is 0. The summed E-state index contributed by atoms with van der Waals surface area (Å²) in [6, 6.07) is 18.2. The van der Waals surface area contributed by atoms with Gasteiger partial charge in [-0.25, -0.2) is 13.5 Å². The molecule has 204 valence electrons. The van der Waals surface area contributed by atoms with Crippen LogP contribution in [0.25, 0.3) is 10.9 Å². The van der Waals surface area contributed by atoms with Gasteiger partial charge >= 0.3 is 0 Å². The summed E-state index contributed by atoms with van der Waals surface area (Å²) < 4.78 is 28.7. The number of tetrazole rings is 1. The molecule has 10 heteroatoms. The lowest BCUT2D eigenvalue weighted by atomic mass is 9.99. The molecule has 1 unspecified atom stereocenters. The maximum Gasteiger partial charge on any atom is 0.253 e. The number of benzene rings is 3. The van der Waals surface area contributed by atoms with Crippen LogP contribution < -0.4 is 10.5 Å². The highest BCUT2D eigenvalue weighted by Crippen LogP contribution is 2.30. The van der Waals surface area contributed by atoms with Gasteiger partial charge < -0.3 is 9.88 Å². The fraction of sp³-hybridized carbons (Fsp3) is 0.267. The fourth-order valence-electron chi connectivity index (χ4n) is 5.42. The third-order valence-corrected chi connectivity index (χ3v) is 7.80. The first-order valence-electron chi connectivity index (χ1n) is 13.3. The van der Waals surface area contributed by atoms with Gasteiger partial charge in [0.25, 0.3) is 5.56 Å². The average molecular weight is 542 g/mol. The number of hydrogen-bond donors (Lipinski definition) is 1. The van der Waals surface area contributed by atoms with Crippen LogP contribution in [-0.2, 0) is 6.54 Å². The van der Waals surface area contributed by atoms with Gasteiger partial charge in [-0.15, -0.1) is 5.10 Å². The number of H-pyrrole nitrogens is 1. The van der Waals surface area contributed by atoms with Crippen LogP contribution in [0.4, 0.5) is 14.5 Å². The van der Waals surface area contributed by atoms with Crippen molar-refractivity contribution in [1.82, 2.24) is 30.1 Å². The van der Waals surface area contributed by atoms with Crippen molar-refractivity contribution < 1.29 is 8.78 Å². The Kier molecular flexibility index (Phi) is 6.85. The van der Waals surface area contributed by atoms with Crippen molar-refractivity contribution in [3.05, 3.63) is 117 Å². The van der Waals surface area contributed by atoms with Gasteiger partial charge in [-0.2, -0.15) is 0 Å². The molecule has 0 bridgehead atoms. The Bertz CT molecular complexity index is 1710. The monoisotopic (exact) mass is 541 g/mol. The highest BCUT2D eigenvalue weighted by atomic mass is 19.1. The zero-order valence-electron chi connectivity index (χ0n) is 22.3. The van der Waals surface area contributed by atoms with E-state index in [1.165, 1.54) is 24.3 Å². The second kappa shape index (κ2) is 10.6. The normalized spacial score (nSPS) is 15.1. The van der Waals surface area contributed by atoms with Crippen molar-refractivity contribution in [3.8, 4) is 0 Å². The van der Waals surface area contributed by atoms with Gasteiger partial charge in [0.2, 0.25) is 0 Å². The van der Waals surface area contributed by atoms with Gasteiger partial charge in [-0.05, 0) is 88.8 Å². The van der Waals surface area contributed by atoms with Gasteiger partial charge in [0.05, 0.1) is 12.1 Å². The lowest BCUT2D eigenvalue weighted by Crippen LogP contribution is -2.49. The second-order valence-corrected chi connectivity index (χ2v) is 10.2. The molecule has 3 aromatic carbocycles. The topological polar surface area (TPSA) is 82.9 Å². The Morgan fingerprint density at radius 3 is 2.27 bits per heavy atom. The highest BCUT2D eigenvalue weighted by Gasteiger charge is 2.33. The molecule has 8 nitrogen and oxygen atoms in total. The minimum atomic E-state index is -0.513. The van der Waals surface area contributed by atoms with Crippen LogP contribution in [0.15, 0.2) is 71.5 Å². The number of aromatic nitrogens is 5. The summed E-state index contributed by atoms with van der Waals surface area (Å²) in [7, 11) is 0. The van der Waals surface area contributed by atoms with E-state index in [0.29, 0.717) is 44.1 Å². The summed E-state index contributed by atoms with van der Waals surface area (Å²) in [5.41, 5.74) is 5.12. The lowest BCUT2D eigenvalue weighted by Gasteiger charge is -2.39.